The number of nitrogens with zero attached hydrogens (tertiary/aromatic N) is 1. The first-order valence-electron chi connectivity index (χ1n) is 5.96. The molecule has 0 bridgehead atoms. The minimum absolute atomic E-state index is 0.199. The van der Waals surface area contributed by atoms with Gasteiger partial charge in [-0.25, -0.2) is 0 Å². The molecule has 1 aromatic rings. The summed E-state index contributed by atoms with van der Waals surface area (Å²) < 4.78 is 0. The molecule has 1 aromatic carbocycles. The van der Waals surface area contributed by atoms with Gasteiger partial charge < -0.3 is 15.7 Å². The number of rotatable bonds is 4. The van der Waals surface area contributed by atoms with E-state index in [1.165, 1.54) is 19.3 Å². The molecule has 0 spiro atoms. The molecule has 16 heavy (non-hydrogen) atoms. The fourth-order valence-corrected chi connectivity index (χ4v) is 2.14. The van der Waals surface area contributed by atoms with E-state index in [1.807, 2.05) is 19.1 Å². The van der Waals surface area contributed by atoms with E-state index < -0.39 is 0 Å². The van der Waals surface area contributed by atoms with E-state index in [1.54, 1.807) is 0 Å². The van der Waals surface area contributed by atoms with Gasteiger partial charge in [-0.1, -0.05) is 6.07 Å². The molecule has 1 aliphatic rings. The summed E-state index contributed by atoms with van der Waals surface area (Å²) in [6.45, 7) is 2.91. The summed E-state index contributed by atoms with van der Waals surface area (Å²) in [7, 11) is 0. The first-order chi connectivity index (χ1) is 7.72. The number of aryl methyl sites for hydroxylation is 1. The summed E-state index contributed by atoms with van der Waals surface area (Å²) in [5, 5.41) is 9.12. The highest BCUT2D eigenvalue weighted by atomic mass is 16.3. The first-order valence-corrected chi connectivity index (χ1v) is 5.96. The molecule has 0 heterocycles. The van der Waals surface area contributed by atoms with Gasteiger partial charge in [0.25, 0.3) is 0 Å². The highest BCUT2D eigenvalue weighted by Crippen LogP contribution is 2.30. The summed E-state index contributed by atoms with van der Waals surface area (Å²) >= 11 is 0. The number of anilines is 2. The van der Waals surface area contributed by atoms with Crippen LogP contribution >= 0.6 is 0 Å². The van der Waals surface area contributed by atoms with Crippen molar-refractivity contribution in [3.05, 3.63) is 23.8 Å². The Labute approximate surface area is 96.9 Å². The Hall–Kier alpha value is -1.22. The van der Waals surface area contributed by atoms with Gasteiger partial charge in [-0.3, -0.25) is 0 Å². The monoisotopic (exact) mass is 220 g/mol. The molecule has 0 amide bonds. The molecule has 3 heteroatoms. The van der Waals surface area contributed by atoms with E-state index in [0.717, 1.165) is 16.9 Å². The van der Waals surface area contributed by atoms with Crippen LogP contribution in [0, 0.1) is 6.92 Å². The highest BCUT2D eigenvalue weighted by Gasteiger charge is 2.24. The summed E-state index contributed by atoms with van der Waals surface area (Å²) in [6.07, 6.45) is 3.76. The predicted molar refractivity (Wildman–Crippen MR) is 67.7 cm³/mol. The molecule has 0 radical (unpaired) electrons. The van der Waals surface area contributed by atoms with Gasteiger partial charge in [0.05, 0.1) is 6.61 Å². The second-order valence-electron chi connectivity index (χ2n) is 4.54. The quantitative estimate of drug-likeness (QED) is 0.762. The lowest BCUT2D eigenvalue weighted by molar-refractivity contribution is 0.283. The smallest absolute Gasteiger partial charge is 0.0606 e. The number of benzene rings is 1. The van der Waals surface area contributed by atoms with Crippen molar-refractivity contribution in [2.45, 2.75) is 32.2 Å². The zero-order valence-electron chi connectivity index (χ0n) is 9.82. The molecule has 3 nitrogen and oxygen atoms in total. The number of aliphatic hydroxyl groups excluding tert-OH is 1. The third kappa shape index (κ3) is 2.14. The summed E-state index contributed by atoms with van der Waals surface area (Å²) in [5.41, 5.74) is 9.01. The van der Waals surface area contributed by atoms with E-state index in [9.17, 15) is 0 Å². The lowest BCUT2D eigenvalue weighted by Gasteiger charge is -2.39. The van der Waals surface area contributed by atoms with Crippen LogP contribution in [0.1, 0.15) is 24.8 Å². The third-order valence-corrected chi connectivity index (χ3v) is 3.45. The summed E-state index contributed by atoms with van der Waals surface area (Å²) in [6, 6.07) is 6.76. The normalized spacial score (nSPS) is 15.9. The lowest BCUT2D eigenvalue weighted by atomic mass is 9.91. The van der Waals surface area contributed by atoms with Crippen molar-refractivity contribution >= 4 is 11.4 Å². The third-order valence-electron chi connectivity index (χ3n) is 3.45. The molecule has 0 aliphatic heterocycles. The van der Waals surface area contributed by atoms with Crippen LogP contribution in [0.15, 0.2) is 18.2 Å². The van der Waals surface area contributed by atoms with Crippen molar-refractivity contribution in [1.29, 1.82) is 0 Å². The van der Waals surface area contributed by atoms with Crippen LogP contribution in [0.3, 0.4) is 0 Å². The van der Waals surface area contributed by atoms with E-state index in [2.05, 4.69) is 11.0 Å². The maximum absolute atomic E-state index is 9.12. The number of hydrogen-bond acceptors (Lipinski definition) is 3. The van der Waals surface area contributed by atoms with Crippen molar-refractivity contribution in [3.8, 4) is 0 Å². The van der Waals surface area contributed by atoms with Gasteiger partial charge in [0.15, 0.2) is 0 Å². The van der Waals surface area contributed by atoms with E-state index >= 15 is 0 Å². The summed E-state index contributed by atoms with van der Waals surface area (Å²) in [4.78, 5) is 2.28. The molecule has 0 unspecified atom stereocenters. The second-order valence-corrected chi connectivity index (χ2v) is 4.54. The Kier molecular flexibility index (Phi) is 3.34. The molecule has 1 aliphatic carbocycles. The van der Waals surface area contributed by atoms with Crippen LogP contribution < -0.4 is 10.6 Å². The Morgan fingerprint density at radius 2 is 2.19 bits per heavy atom. The van der Waals surface area contributed by atoms with Gasteiger partial charge in [-0.15, -0.1) is 0 Å². The van der Waals surface area contributed by atoms with Crippen LogP contribution in [0.2, 0.25) is 0 Å². The average Bonchev–Trinajstić information content (AvgIpc) is 2.19. The van der Waals surface area contributed by atoms with Crippen LogP contribution in [-0.4, -0.2) is 24.3 Å². The van der Waals surface area contributed by atoms with E-state index in [4.69, 9.17) is 10.8 Å². The zero-order valence-corrected chi connectivity index (χ0v) is 9.82. The number of aliphatic hydroxyl groups is 1. The van der Waals surface area contributed by atoms with Gasteiger partial charge >= 0.3 is 0 Å². The number of hydrogen-bond donors (Lipinski definition) is 2. The minimum atomic E-state index is 0.199. The van der Waals surface area contributed by atoms with E-state index in [-0.39, 0.29) is 6.61 Å². The average molecular weight is 220 g/mol. The molecule has 1 saturated carbocycles. The number of nitrogens with two attached hydrogens (primary N) is 1. The molecular formula is C13H20N2O. The maximum atomic E-state index is 9.12. The SMILES string of the molecule is Cc1ccc(N(CCO)C2CCC2)cc1N. The van der Waals surface area contributed by atoms with Crippen molar-refractivity contribution in [2.75, 3.05) is 23.8 Å². The molecule has 88 valence electrons. The van der Waals surface area contributed by atoms with Gasteiger partial charge in [0, 0.05) is 24.0 Å². The zero-order chi connectivity index (χ0) is 11.5. The fraction of sp³-hybridized carbons (Fsp3) is 0.538. The standard InChI is InChI=1S/C13H20N2O/c1-10-5-6-12(9-13(10)14)15(7-8-16)11-3-2-4-11/h5-6,9,11,16H,2-4,7-8,14H2,1H3. The Balaban J connectivity index is 2.20. The molecule has 2 rings (SSSR count). The Bertz CT molecular complexity index is 361. The second kappa shape index (κ2) is 4.74. The van der Waals surface area contributed by atoms with Crippen LogP contribution in [0.4, 0.5) is 11.4 Å². The largest absolute Gasteiger partial charge is 0.398 e. The van der Waals surface area contributed by atoms with Gasteiger partial charge in [-0.2, -0.15) is 0 Å². The minimum Gasteiger partial charge on any atom is -0.398 e. The molecule has 1 fully saturated rings. The van der Waals surface area contributed by atoms with E-state index in [0.29, 0.717) is 12.6 Å². The van der Waals surface area contributed by atoms with Crippen molar-refractivity contribution in [1.82, 2.24) is 0 Å². The lowest BCUT2D eigenvalue weighted by Crippen LogP contribution is -2.42. The van der Waals surface area contributed by atoms with Gasteiger partial charge in [0.2, 0.25) is 0 Å². The van der Waals surface area contributed by atoms with Crippen molar-refractivity contribution in [2.24, 2.45) is 0 Å². The molecule has 0 saturated heterocycles. The molecule has 3 N–H and O–H groups in total. The van der Waals surface area contributed by atoms with Crippen LogP contribution in [0.25, 0.3) is 0 Å². The van der Waals surface area contributed by atoms with Crippen molar-refractivity contribution < 1.29 is 5.11 Å². The highest BCUT2D eigenvalue weighted by molar-refractivity contribution is 5.60. The maximum Gasteiger partial charge on any atom is 0.0606 e. The summed E-state index contributed by atoms with van der Waals surface area (Å²) in [5.74, 6) is 0. The van der Waals surface area contributed by atoms with Gasteiger partial charge in [0.1, 0.15) is 0 Å². The topological polar surface area (TPSA) is 49.5 Å². The van der Waals surface area contributed by atoms with Gasteiger partial charge in [-0.05, 0) is 43.9 Å². The fourth-order valence-electron chi connectivity index (χ4n) is 2.14. The Morgan fingerprint density at radius 3 is 2.69 bits per heavy atom. The van der Waals surface area contributed by atoms with Crippen LogP contribution in [-0.2, 0) is 0 Å². The molecular weight excluding hydrogens is 200 g/mol. The first kappa shape index (κ1) is 11.3. The van der Waals surface area contributed by atoms with Crippen LogP contribution in [0.5, 0.6) is 0 Å². The molecule has 0 atom stereocenters. The predicted octanol–water partition coefficient (Wildman–Crippen LogP) is 1.93. The molecule has 0 aromatic heterocycles. The number of nitrogen functional groups attached to an aromatic ring is 1. The Morgan fingerprint density at radius 1 is 1.44 bits per heavy atom. The van der Waals surface area contributed by atoms with Crippen molar-refractivity contribution in [3.63, 3.8) is 0 Å².